The van der Waals surface area contributed by atoms with Crippen LogP contribution in [0.5, 0.6) is 0 Å². The first-order valence-electron chi connectivity index (χ1n) is 8.61. The average Bonchev–Trinajstić information content (AvgIpc) is 3.32. The summed E-state index contributed by atoms with van der Waals surface area (Å²) in [7, 11) is 1.88. The molecule has 0 spiro atoms. The first kappa shape index (κ1) is 17.0. The number of carbonyl (C=O) groups is 1. The summed E-state index contributed by atoms with van der Waals surface area (Å²) >= 11 is 0. The monoisotopic (exact) mass is 361 g/mol. The molecular weight excluding hydrogens is 342 g/mol. The minimum atomic E-state index is -0.670. The molecule has 0 saturated carbocycles. The number of nitrogens with zero attached hydrogens (tertiary/aromatic N) is 4. The van der Waals surface area contributed by atoms with E-state index in [-0.39, 0.29) is 0 Å². The number of rotatable bonds is 5. The number of amides is 1. The van der Waals surface area contributed by atoms with Gasteiger partial charge in [0, 0.05) is 30.6 Å². The molecule has 27 heavy (non-hydrogen) atoms. The Labute approximate surface area is 155 Å². The van der Waals surface area contributed by atoms with E-state index in [9.17, 15) is 10.0 Å². The van der Waals surface area contributed by atoms with Crippen LogP contribution in [-0.2, 0) is 18.3 Å². The highest BCUT2D eigenvalue weighted by molar-refractivity contribution is 5.94. The first-order valence-corrected chi connectivity index (χ1v) is 8.61. The van der Waals surface area contributed by atoms with Gasteiger partial charge in [0.2, 0.25) is 0 Å². The van der Waals surface area contributed by atoms with Crippen molar-refractivity contribution in [3.8, 4) is 11.3 Å². The van der Waals surface area contributed by atoms with Gasteiger partial charge in [0.05, 0.1) is 17.4 Å². The summed E-state index contributed by atoms with van der Waals surface area (Å²) in [5.74, 6) is -0.505. The maximum atomic E-state index is 12.4. The fraction of sp³-hybridized carbons (Fsp3) is 0.150. The highest BCUT2D eigenvalue weighted by atomic mass is 16.5. The van der Waals surface area contributed by atoms with E-state index >= 15 is 0 Å². The second kappa shape index (κ2) is 7.05. The quantitative estimate of drug-likeness (QED) is 0.423. The molecule has 0 aliphatic heterocycles. The number of aromatic nitrogens is 4. The van der Waals surface area contributed by atoms with Crippen molar-refractivity contribution in [1.29, 1.82) is 0 Å². The van der Waals surface area contributed by atoms with Gasteiger partial charge in [0.1, 0.15) is 6.04 Å². The van der Waals surface area contributed by atoms with Gasteiger partial charge in [-0.1, -0.05) is 42.5 Å². The Bertz CT molecular complexity index is 1080. The Morgan fingerprint density at radius 2 is 1.93 bits per heavy atom. The number of hydroxylamine groups is 1. The lowest BCUT2D eigenvalue weighted by Crippen LogP contribution is -2.32. The van der Waals surface area contributed by atoms with E-state index in [0.29, 0.717) is 6.42 Å². The van der Waals surface area contributed by atoms with Crippen molar-refractivity contribution in [2.75, 3.05) is 0 Å². The van der Waals surface area contributed by atoms with Gasteiger partial charge in [-0.3, -0.25) is 19.4 Å². The van der Waals surface area contributed by atoms with Crippen molar-refractivity contribution in [2.24, 2.45) is 7.05 Å². The molecule has 2 aromatic heterocycles. The summed E-state index contributed by atoms with van der Waals surface area (Å²) in [6, 6.07) is 16.8. The summed E-state index contributed by atoms with van der Waals surface area (Å²) in [4.78, 5) is 12.4. The third-order valence-electron chi connectivity index (χ3n) is 4.72. The lowest BCUT2D eigenvalue weighted by molar-refractivity contribution is -0.132. The largest absolute Gasteiger partial charge is 0.289 e. The van der Waals surface area contributed by atoms with Crippen LogP contribution < -0.4 is 5.48 Å². The third-order valence-corrected chi connectivity index (χ3v) is 4.72. The molecule has 1 atom stereocenters. The van der Waals surface area contributed by atoms with Gasteiger partial charge in [-0.15, -0.1) is 0 Å². The third kappa shape index (κ3) is 3.09. The fourth-order valence-corrected chi connectivity index (χ4v) is 3.38. The molecule has 2 heterocycles. The standard InChI is InChI=1S/C20H19N5O2/c1-24-17(10-11-21-24)15-8-5-9-18-16(15)13-22-25(18)19(20(26)23-27)12-14-6-3-2-4-7-14/h2-11,13,19,27H,12H2,1H3,(H,23,26). The van der Waals surface area contributed by atoms with Crippen molar-refractivity contribution < 1.29 is 10.0 Å². The summed E-state index contributed by atoms with van der Waals surface area (Å²) in [6.07, 6.45) is 3.91. The Morgan fingerprint density at radius 3 is 2.63 bits per heavy atom. The predicted molar refractivity (Wildman–Crippen MR) is 101 cm³/mol. The minimum Gasteiger partial charge on any atom is -0.289 e. The van der Waals surface area contributed by atoms with Crippen LogP contribution in [0, 0.1) is 0 Å². The van der Waals surface area contributed by atoms with Gasteiger partial charge in [0.15, 0.2) is 0 Å². The zero-order valence-corrected chi connectivity index (χ0v) is 14.8. The van der Waals surface area contributed by atoms with E-state index in [2.05, 4.69) is 10.2 Å². The maximum absolute atomic E-state index is 12.4. The van der Waals surface area contributed by atoms with Crippen molar-refractivity contribution in [2.45, 2.75) is 12.5 Å². The second-order valence-corrected chi connectivity index (χ2v) is 6.35. The number of carbonyl (C=O) groups excluding carboxylic acids is 1. The van der Waals surface area contributed by atoms with Crippen molar-refractivity contribution in [3.05, 3.63) is 72.6 Å². The highest BCUT2D eigenvalue weighted by Gasteiger charge is 2.24. The molecule has 136 valence electrons. The molecule has 4 aromatic rings. The normalized spacial score (nSPS) is 12.2. The van der Waals surface area contributed by atoms with E-state index in [0.717, 1.165) is 27.7 Å². The average molecular weight is 361 g/mol. The van der Waals surface area contributed by atoms with Crippen LogP contribution >= 0.6 is 0 Å². The lowest BCUT2D eigenvalue weighted by atomic mass is 10.0. The Kier molecular flexibility index (Phi) is 4.43. The van der Waals surface area contributed by atoms with Gasteiger partial charge in [0.25, 0.3) is 5.91 Å². The predicted octanol–water partition coefficient (Wildman–Crippen LogP) is 2.73. The Balaban J connectivity index is 1.82. The smallest absolute Gasteiger partial charge is 0.268 e. The van der Waals surface area contributed by atoms with E-state index in [1.165, 1.54) is 0 Å². The minimum absolute atomic E-state index is 0.417. The number of fused-ring (bicyclic) bond motifs is 1. The number of hydrogen-bond donors (Lipinski definition) is 2. The Hall–Kier alpha value is -3.45. The molecule has 0 radical (unpaired) electrons. The summed E-state index contributed by atoms with van der Waals surface area (Å²) in [5, 5.41) is 18.9. The summed E-state index contributed by atoms with van der Waals surface area (Å²) < 4.78 is 3.46. The molecular formula is C20H19N5O2. The Morgan fingerprint density at radius 1 is 1.11 bits per heavy atom. The molecule has 2 N–H and O–H groups in total. The van der Waals surface area contributed by atoms with E-state index in [4.69, 9.17) is 0 Å². The van der Waals surface area contributed by atoms with E-state index in [1.54, 1.807) is 27.2 Å². The summed E-state index contributed by atoms with van der Waals surface area (Å²) in [6.45, 7) is 0. The lowest BCUT2D eigenvalue weighted by Gasteiger charge is -2.17. The number of hydrogen-bond acceptors (Lipinski definition) is 4. The fourth-order valence-electron chi connectivity index (χ4n) is 3.38. The first-order chi connectivity index (χ1) is 13.2. The van der Waals surface area contributed by atoms with Crippen LogP contribution in [0.4, 0.5) is 0 Å². The molecule has 1 unspecified atom stereocenters. The van der Waals surface area contributed by atoms with Crippen LogP contribution in [0.1, 0.15) is 11.6 Å². The SMILES string of the molecule is Cn1nccc1-c1cccc2c1cnn2C(Cc1ccccc1)C(=O)NO. The van der Waals surface area contributed by atoms with Crippen LogP contribution in [0.2, 0.25) is 0 Å². The van der Waals surface area contributed by atoms with Gasteiger partial charge in [-0.2, -0.15) is 10.2 Å². The number of benzene rings is 2. The van der Waals surface area contributed by atoms with Crippen molar-refractivity contribution in [3.63, 3.8) is 0 Å². The summed E-state index contributed by atoms with van der Waals surface area (Å²) in [5.41, 5.74) is 5.53. The molecule has 0 saturated heterocycles. The molecule has 7 heteroatoms. The molecule has 7 nitrogen and oxygen atoms in total. The zero-order valence-electron chi connectivity index (χ0n) is 14.8. The van der Waals surface area contributed by atoms with Crippen molar-refractivity contribution in [1.82, 2.24) is 25.0 Å². The molecule has 4 rings (SSSR count). The van der Waals surface area contributed by atoms with Gasteiger partial charge < -0.3 is 0 Å². The molecule has 0 fully saturated rings. The van der Waals surface area contributed by atoms with Crippen LogP contribution in [0.3, 0.4) is 0 Å². The van der Waals surface area contributed by atoms with E-state index in [1.807, 2.05) is 61.6 Å². The molecule has 0 aliphatic rings. The van der Waals surface area contributed by atoms with Crippen LogP contribution in [0.15, 0.2) is 67.0 Å². The molecule has 1 amide bonds. The highest BCUT2D eigenvalue weighted by Crippen LogP contribution is 2.30. The molecule has 0 bridgehead atoms. The number of nitrogens with one attached hydrogen (secondary N) is 1. The van der Waals surface area contributed by atoms with Crippen molar-refractivity contribution >= 4 is 16.8 Å². The topological polar surface area (TPSA) is 85.0 Å². The number of aryl methyl sites for hydroxylation is 1. The van der Waals surface area contributed by atoms with Crippen LogP contribution in [0.25, 0.3) is 22.2 Å². The van der Waals surface area contributed by atoms with E-state index < -0.39 is 11.9 Å². The van der Waals surface area contributed by atoms with Gasteiger partial charge in [-0.25, -0.2) is 5.48 Å². The maximum Gasteiger partial charge on any atom is 0.268 e. The molecule has 2 aromatic carbocycles. The molecule has 0 aliphatic carbocycles. The van der Waals surface area contributed by atoms with Gasteiger partial charge >= 0.3 is 0 Å². The second-order valence-electron chi connectivity index (χ2n) is 6.35. The zero-order chi connectivity index (χ0) is 18.8. The van der Waals surface area contributed by atoms with Crippen LogP contribution in [-0.4, -0.2) is 30.7 Å². The van der Waals surface area contributed by atoms with Gasteiger partial charge in [-0.05, 0) is 17.7 Å².